The molecule has 0 spiro atoms. The first kappa shape index (κ1) is 12.0. The number of hydrogen-bond donors (Lipinski definition) is 1. The normalized spacial score (nSPS) is 17.8. The fourth-order valence-corrected chi connectivity index (χ4v) is 2.15. The number of nitrogens with one attached hydrogen (secondary N) is 1. The molecule has 92 valence electrons. The maximum atomic E-state index is 12.4. The molecule has 1 unspecified atom stereocenters. The molecule has 1 atom stereocenters. The summed E-state index contributed by atoms with van der Waals surface area (Å²) in [6, 6.07) is 0. The van der Waals surface area contributed by atoms with Crippen LogP contribution in [0.1, 0.15) is 24.8 Å². The summed E-state index contributed by atoms with van der Waals surface area (Å²) in [5, 5.41) is 3.25. The van der Waals surface area contributed by atoms with Crippen LogP contribution in [0.15, 0.2) is 18.7 Å². The third-order valence-electron chi connectivity index (χ3n) is 3.12. The molecule has 0 aliphatic carbocycles. The summed E-state index contributed by atoms with van der Waals surface area (Å²) in [5.74, 6) is 0.0955. The van der Waals surface area contributed by atoms with Crippen molar-refractivity contribution in [2.24, 2.45) is 0 Å². The van der Waals surface area contributed by atoms with Gasteiger partial charge in [-0.15, -0.1) is 0 Å². The van der Waals surface area contributed by atoms with E-state index in [9.17, 15) is 4.79 Å². The maximum absolute atomic E-state index is 12.4. The maximum Gasteiger partial charge on any atom is 0.230 e. The Labute approximate surface area is 101 Å². The van der Waals surface area contributed by atoms with Crippen LogP contribution in [0.2, 0.25) is 0 Å². The summed E-state index contributed by atoms with van der Waals surface area (Å²) in [6.45, 7) is 5.38. The number of piperazine rings is 1. The molecule has 1 aliphatic rings. The van der Waals surface area contributed by atoms with E-state index < -0.39 is 0 Å². The molecule has 5 nitrogen and oxygen atoms in total. The topological polar surface area (TPSA) is 58.1 Å². The lowest BCUT2D eigenvalue weighted by Gasteiger charge is -2.30. The summed E-state index contributed by atoms with van der Waals surface area (Å²) in [7, 11) is 0. The Hall–Kier alpha value is -1.49. The Kier molecular flexibility index (Phi) is 4.03. The van der Waals surface area contributed by atoms with E-state index >= 15 is 0 Å². The number of nitrogens with zero attached hydrogens (tertiary/aromatic N) is 3. The lowest BCUT2D eigenvalue weighted by atomic mass is 9.97. The van der Waals surface area contributed by atoms with Crippen molar-refractivity contribution in [1.29, 1.82) is 0 Å². The van der Waals surface area contributed by atoms with Gasteiger partial charge in [0.2, 0.25) is 5.91 Å². The van der Waals surface area contributed by atoms with E-state index in [1.54, 1.807) is 12.4 Å². The standard InChI is InChI=1S/C12H18N4O/c1-2-11(10-7-14-9-15-8-10)12(17)16-5-3-13-4-6-16/h7-9,11,13H,2-6H2,1H3. The largest absolute Gasteiger partial charge is 0.340 e. The summed E-state index contributed by atoms with van der Waals surface area (Å²) >= 11 is 0. The van der Waals surface area contributed by atoms with E-state index in [0.29, 0.717) is 0 Å². The number of rotatable bonds is 3. The van der Waals surface area contributed by atoms with E-state index in [4.69, 9.17) is 0 Å². The first-order valence-electron chi connectivity index (χ1n) is 6.07. The predicted octanol–water partition coefficient (Wildman–Crippen LogP) is 0.402. The van der Waals surface area contributed by atoms with Crippen molar-refractivity contribution in [3.05, 3.63) is 24.3 Å². The van der Waals surface area contributed by atoms with Crippen LogP contribution in [0.5, 0.6) is 0 Å². The zero-order valence-electron chi connectivity index (χ0n) is 10.1. The first-order chi connectivity index (χ1) is 8.33. The molecule has 1 aromatic rings. The van der Waals surface area contributed by atoms with Crippen molar-refractivity contribution < 1.29 is 4.79 Å². The monoisotopic (exact) mass is 234 g/mol. The van der Waals surface area contributed by atoms with Gasteiger partial charge in [0.1, 0.15) is 6.33 Å². The lowest BCUT2D eigenvalue weighted by molar-refractivity contribution is -0.133. The van der Waals surface area contributed by atoms with Crippen LogP contribution >= 0.6 is 0 Å². The highest BCUT2D eigenvalue weighted by Crippen LogP contribution is 2.20. The van der Waals surface area contributed by atoms with E-state index in [-0.39, 0.29) is 11.8 Å². The highest BCUT2D eigenvalue weighted by atomic mass is 16.2. The molecule has 1 amide bonds. The molecule has 0 bridgehead atoms. The third kappa shape index (κ3) is 2.79. The third-order valence-corrected chi connectivity index (χ3v) is 3.12. The van der Waals surface area contributed by atoms with E-state index in [1.165, 1.54) is 6.33 Å². The van der Waals surface area contributed by atoms with Crippen LogP contribution in [0.25, 0.3) is 0 Å². The van der Waals surface area contributed by atoms with Crippen molar-refractivity contribution >= 4 is 5.91 Å². The number of aromatic nitrogens is 2. The van der Waals surface area contributed by atoms with Gasteiger partial charge in [-0.1, -0.05) is 6.92 Å². The smallest absolute Gasteiger partial charge is 0.230 e. The molecule has 1 aromatic heterocycles. The van der Waals surface area contributed by atoms with Gasteiger partial charge in [0.15, 0.2) is 0 Å². The molecule has 5 heteroatoms. The second-order valence-electron chi connectivity index (χ2n) is 4.21. The molecule has 2 rings (SSSR count). The average Bonchev–Trinajstić information content (AvgIpc) is 2.42. The highest BCUT2D eigenvalue weighted by molar-refractivity contribution is 5.83. The first-order valence-corrected chi connectivity index (χ1v) is 6.07. The van der Waals surface area contributed by atoms with Crippen LogP contribution in [0.4, 0.5) is 0 Å². The van der Waals surface area contributed by atoms with E-state index in [1.807, 2.05) is 11.8 Å². The average molecular weight is 234 g/mol. The quantitative estimate of drug-likeness (QED) is 0.822. The number of hydrogen-bond acceptors (Lipinski definition) is 4. The van der Waals surface area contributed by atoms with Gasteiger partial charge < -0.3 is 10.2 Å². The SMILES string of the molecule is CCC(C(=O)N1CCNCC1)c1cncnc1. The molecule has 1 saturated heterocycles. The van der Waals surface area contributed by atoms with Gasteiger partial charge in [0.25, 0.3) is 0 Å². The van der Waals surface area contributed by atoms with Gasteiger partial charge >= 0.3 is 0 Å². The van der Waals surface area contributed by atoms with Crippen LogP contribution in [0.3, 0.4) is 0 Å². The van der Waals surface area contributed by atoms with Gasteiger partial charge in [-0.25, -0.2) is 9.97 Å². The molecule has 1 aliphatic heterocycles. The fraction of sp³-hybridized carbons (Fsp3) is 0.583. The summed E-state index contributed by atoms with van der Waals surface area (Å²) in [6.07, 6.45) is 5.75. The van der Waals surface area contributed by atoms with Crippen molar-refractivity contribution in [3.63, 3.8) is 0 Å². The molecular weight excluding hydrogens is 216 g/mol. The molecule has 0 radical (unpaired) electrons. The second kappa shape index (κ2) is 5.72. The molecule has 1 N–H and O–H groups in total. The highest BCUT2D eigenvalue weighted by Gasteiger charge is 2.25. The molecule has 0 saturated carbocycles. The minimum Gasteiger partial charge on any atom is -0.340 e. The van der Waals surface area contributed by atoms with E-state index in [0.717, 1.165) is 38.2 Å². The Morgan fingerprint density at radius 2 is 2.06 bits per heavy atom. The lowest BCUT2D eigenvalue weighted by Crippen LogP contribution is -2.48. The molecule has 1 fully saturated rings. The predicted molar refractivity (Wildman–Crippen MR) is 64.5 cm³/mol. The molecule has 17 heavy (non-hydrogen) atoms. The van der Waals surface area contributed by atoms with E-state index in [2.05, 4.69) is 15.3 Å². The van der Waals surface area contributed by atoms with Crippen molar-refractivity contribution in [2.45, 2.75) is 19.3 Å². The summed E-state index contributed by atoms with van der Waals surface area (Å²) < 4.78 is 0. The Bertz CT molecular complexity index is 362. The van der Waals surface area contributed by atoms with Crippen molar-refractivity contribution in [3.8, 4) is 0 Å². The number of carbonyl (C=O) groups excluding carboxylic acids is 1. The van der Waals surface area contributed by atoms with Gasteiger partial charge in [-0.2, -0.15) is 0 Å². The van der Waals surface area contributed by atoms with Crippen LogP contribution in [-0.4, -0.2) is 47.0 Å². The minimum atomic E-state index is -0.103. The van der Waals surface area contributed by atoms with Gasteiger partial charge in [-0.05, 0) is 6.42 Å². The zero-order chi connectivity index (χ0) is 12.1. The van der Waals surface area contributed by atoms with Crippen molar-refractivity contribution in [2.75, 3.05) is 26.2 Å². The van der Waals surface area contributed by atoms with Crippen LogP contribution < -0.4 is 5.32 Å². The Morgan fingerprint density at radius 1 is 1.41 bits per heavy atom. The van der Waals surface area contributed by atoms with Crippen LogP contribution in [-0.2, 0) is 4.79 Å². The molecular formula is C12H18N4O. The molecule has 0 aromatic carbocycles. The summed E-state index contributed by atoms with van der Waals surface area (Å²) in [5.41, 5.74) is 0.915. The minimum absolute atomic E-state index is 0.103. The zero-order valence-corrected chi connectivity index (χ0v) is 10.1. The van der Waals surface area contributed by atoms with Gasteiger partial charge in [-0.3, -0.25) is 4.79 Å². The fourth-order valence-electron chi connectivity index (χ4n) is 2.15. The number of carbonyl (C=O) groups is 1. The number of amides is 1. The Morgan fingerprint density at radius 3 is 2.65 bits per heavy atom. The molecule has 2 heterocycles. The van der Waals surface area contributed by atoms with Gasteiger partial charge in [0, 0.05) is 44.1 Å². The Balaban J connectivity index is 2.10. The van der Waals surface area contributed by atoms with Crippen LogP contribution in [0, 0.1) is 0 Å². The van der Waals surface area contributed by atoms with Gasteiger partial charge in [0.05, 0.1) is 5.92 Å². The second-order valence-corrected chi connectivity index (χ2v) is 4.21. The van der Waals surface area contributed by atoms with Crippen molar-refractivity contribution in [1.82, 2.24) is 20.2 Å². The summed E-state index contributed by atoms with van der Waals surface area (Å²) in [4.78, 5) is 22.3.